The first kappa shape index (κ1) is 28.9. The van der Waals surface area contributed by atoms with Gasteiger partial charge in [-0.2, -0.15) is 0 Å². The lowest BCUT2D eigenvalue weighted by Crippen LogP contribution is -2.29. The predicted molar refractivity (Wildman–Crippen MR) is 163 cm³/mol. The van der Waals surface area contributed by atoms with Crippen LogP contribution in [0, 0.1) is 0 Å². The molecule has 6 rings (SSSR count). The number of ether oxygens (including phenoxy) is 2. The molecule has 2 heterocycles. The van der Waals surface area contributed by atoms with E-state index >= 15 is 0 Å². The van der Waals surface area contributed by atoms with Crippen LogP contribution in [0.4, 0.5) is 0 Å². The molecule has 0 saturated heterocycles. The van der Waals surface area contributed by atoms with E-state index in [1.165, 1.54) is 0 Å². The molecular formula is C30H30B2N4O6. The van der Waals surface area contributed by atoms with Gasteiger partial charge in [0.15, 0.2) is 0 Å². The molecule has 0 spiro atoms. The summed E-state index contributed by atoms with van der Waals surface area (Å²) in [5, 5.41) is 36.4. The number of aromatic nitrogens is 4. The van der Waals surface area contributed by atoms with Crippen molar-refractivity contribution >= 4 is 47.2 Å². The smallest absolute Gasteiger partial charge is 0.488 e. The fourth-order valence-corrected chi connectivity index (χ4v) is 4.71. The predicted octanol–water partition coefficient (Wildman–Crippen LogP) is 1.55. The van der Waals surface area contributed by atoms with Crippen LogP contribution in [0.2, 0.25) is 0 Å². The highest BCUT2D eigenvalue weighted by Gasteiger charge is 2.13. The van der Waals surface area contributed by atoms with Crippen LogP contribution in [0.15, 0.2) is 97.6 Å². The lowest BCUT2D eigenvalue weighted by Gasteiger charge is -2.08. The van der Waals surface area contributed by atoms with Crippen LogP contribution >= 0.6 is 0 Å². The van der Waals surface area contributed by atoms with Crippen molar-refractivity contribution in [3.8, 4) is 11.5 Å². The van der Waals surface area contributed by atoms with Gasteiger partial charge in [-0.3, -0.25) is 0 Å². The van der Waals surface area contributed by atoms with Gasteiger partial charge in [-0.15, -0.1) is 0 Å². The SMILES string of the molecule is COc1cccc2c1ncn2Cc1ccc(B(O)O)cc1.COc1cccc2ncn(Cc3ccc(B(O)O)cc3)c12. The standard InChI is InChI=1S/2C15H15BN2O3/c1-21-14-4-2-3-13-15(14)17-10-18(13)9-11-5-7-12(8-6-11)16(19)20;1-21-14-4-2-3-13-15(14)18(10-17-13)9-11-5-7-12(8-6-11)16(19)20/h2*2-8,10,19-20H,9H2,1H3. The zero-order valence-corrected chi connectivity index (χ0v) is 23.2. The molecule has 0 radical (unpaired) electrons. The summed E-state index contributed by atoms with van der Waals surface area (Å²) in [5.74, 6) is 1.54. The van der Waals surface area contributed by atoms with E-state index < -0.39 is 14.2 Å². The summed E-state index contributed by atoms with van der Waals surface area (Å²) in [7, 11) is 0.404. The number of fused-ring (bicyclic) bond motifs is 2. The molecule has 0 unspecified atom stereocenters. The topological polar surface area (TPSA) is 135 Å². The average molecular weight is 564 g/mol. The number of para-hydroxylation sites is 2. The number of nitrogens with zero attached hydrogens (tertiary/aromatic N) is 4. The second-order valence-electron chi connectivity index (χ2n) is 9.63. The van der Waals surface area contributed by atoms with Crippen molar-refractivity contribution in [3.63, 3.8) is 0 Å². The molecule has 0 amide bonds. The minimum atomic E-state index is -1.44. The number of benzene rings is 4. The van der Waals surface area contributed by atoms with Gasteiger partial charge in [-0.05, 0) is 46.3 Å². The maximum absolute atomic E-state index is 9.10. The van der Waals surface area contributed by atoms with E-state index in [1.807, 2.05) is 69.8 Å². The molecule has 212 valence electrons. The van der Waals surface area contributed by atoms with E-state index in [-0.39, 0.29) is 0 Å². The summed E-state index contributed by atoms with van der Waals surface area (Å²) in [6, 6.07) is 25.9. The Hall–Kier alpha value is -4.61. The van der Waals surface area contributed by atoms with Crippen molar-refractivity contribution in [2.75, 3.05) is 14.2 Å². The van der Waals surface area contributed by atoms with Crippen molar-refractivity contribution in [2.24, 2.45) is 0 Å². The molecule has 12 heteroatoms. The zero-order valence-electron chi connectivity index (χ0n) is 23.2. The molecular weight excluding hydrogens is 534 g/mol. The molecule has 42 heavy (non-hydrogen) atoms. The molecule has 0 aliphatic carbocycles. The normalized spacial score (nSPS) is 10.8. The van der Waals surface area contributed by atoms with Crippen molar-refractivity contribution < 1.29 is 29.6 Å². The molecule has 6 aromatic rings. The van der Waals surface area contributed by atoms with Gasteiger partial charge in [0, 0.05) is 13.1 Å². The fraction of sp³-hybridized carbons (Fsp3) is 0.133. The van der Waals surface area contributed by atoms with Gasteiger partial charge in [0.25, 0.3) is 0 Å². The lowest BCUT2D eigenvalue weighted by atomic mass is 9.80. The van der Waals surface area contributed by atoms with Crippen LogP contribution in [0.3, 0.4) is 0 Å². The Morgan fingerprint density at radius 2 is 1.14 bits per heavy atom. The van der Waals surface area contributed by atoms with Gasteiger partial charge in [-0.1, -0.05) is 60.7 Å². The number of hydrogen-bond donors (Lipinski definition) is 4. The highest BCUT2D eigenvalue weighted by molar-refractivity contribution is 6.58. The summed E-state index contributed by atoms with van der Waals surface area (Å²) in [4.78, 5) is 8.76. The van der Waals surface area contributed by atoms with E-state index in [0.29, 0.717) is 24.0 Å². The van der Waals surface area contributed by atoms with Gasteiger partial charge in [-0.25, -0.2) is 9.97 Å². The Labute approximate surface area is 243 Å². The molecule has 4 aromatic carbocycles. The van der Waals surface area contributed by atoms with Crippen molar-refractivity contribution in [1.82, 2.24) is 19.1 Å². The maximum atomic E-state index is 9.10. The van der Waals surface area contributed by atoms with Crippen LogP contribution in [-0.4, -0.2) is 67.7 Å². The van der Waals surface area contributed by atoms with Crippen LogP contribution < -0.4 is 20.4 Å². The number of rotatable bonds is 8. The Bertz CT molecular complexity index is 1770. The third-order valence-electron chi connectivity index (χ3n) is 6.92. The minimum Gasteiger partial charge on any atom is -0.494 e. The van der Waals surface area contributed by atoms with E-state index in [2.05, 4.69) is 9.97 Å². The molecule has 0 saturated carbocycles. The highest BCUT2D eigenvalue weighted by atomic mass is 16.5. The van der Waals surface area contributed by atoms with E-state index in [0.717, 1.165) is 44.7 Å². The first-order valence-electron chi connectivity index (χ1n) is 13.2. The van der Waals surface area contributed by atoms with E-state index in [9.17, 15) is 0 Å². The summed E-state index contributed by atoms with van der Waals surface area (Å²) in [6.07, 6.45) is 3.56. The summed E-state index contributed by atoms with van der Waals surface area (Å²) in [6.45, 7) is 1.30. The van der Waals surface area contributed by atoms with Gasteiger partial charge in [0.1, 0.15) is 22.5 Å². The fourth-order valence-electron chi connectivity index (χ4n) is 4.71. The van der Waals surface area contributed by atoms with Gasteiger partial charge >= 0.3 is 14.2 Å². The van der Waals surface area contributed by atoms with Gasteiger partial charge in [0.2, 0.25) is 0 Å². The van der Waals surface area contributed by atoms with Crippen LogP contribution in [0.5, 0.6) is 11.5 Å². The zero-order chi connectivity index (χ0) is 29.6. The molecule has 0 atom stereocenters. The molecule has 0 fully saturated rings. The highest BCUT2D eigenvalue weighted by Crippen LogP contribution is 2.26. The molecule has 0 bridgehead atoms. The van der Waals surface area contributed by atoms with Crippen molar-refractivity contribution in [2.45, 2.75) is 13.1 Å². The van der Waals surface area contributed by atoms with E-state index in [1.54, 1.807) is 51.1 Å². The second kappa shape index (κ2) is 12.9. The average Bonchev–Trinajstić information content (AvgIpc) is 3.62. The first-order chi connectivity index (χ1) is 20.4. The Balaban J connectivity index is 0.000000168. The van der Waals surface area contributed by atoms with Gasteiger partial charge in [0.05, 0.1) is 37.9 Å². The molecule has 0 aliphatic rings. The summed E-state index contributed by atoms with van der Waals surface area (Å²) in [5.41, 5.74) is 6.74. The van der Waals surface area contributed by atoms with Gasteiger partial charge < -0.3 is 38.7 Å². The summed E-state index contributed by atoms with van der Waals surface area (Å²) < 4.78 is 14.7. The Kier molecular flexibility index (Phi) is 8.89. The number of imidazole rings is 2. The lowest BCUT2D eigenvalue weighted by molar-refractivity contribution is 0.417. The molecule has 0 aliphatic heterocycles. The van der Waals surface area contributed by atoms with Crippen LogP contribution in [0.25, 0.3) is 22.1 Å². The Morgan fingerprint density at radius 1 is 0.619 bits per heavy atom. The number of methoxy groups -OCH3 is 2. The molecule has 4 N–H and O–H groups in total. The quantitative estimate of drug-likeness (QED) is 0.205. The first-order valence-corrected chi connectivity index (χ1v) is 13.2. The number of hydrogen-bond acceptors (Lipinski definition) is 8. The third kappa shape index (κ3) is 6.32. The Morgan fingerprint density at radius 3 is 1.71 bits per heavy atom. The summed E-state index contributed by atoms with van der Waals surface area (Å²) >= 11 is 0. The minimum absolute atomic E-state index is 0.479. The monoisotopic (exact) mass is 564 g/mol. The van der Waals surface area contributed by atoms with E-state index in [4.69, 9.17) is 29.6 Å². The third-order valence-corrected chi connectivity index (χ3v) is 6.92. The van der Waals surface area contributed by atoms with Crippen molar-refractivity contribution in [1.29, 1.82) is 0 Å². The second-order valence-corrected chi connectivity index (χ2v) is 9.63. The molecule has 10 nitrogen and oxygen atoms in total. The van der Waals surface area contributed by atoms with Crippen molar-refractivity contribution in [3.05, 3.63) is 109 Å². The van der Waals surface area contributed by atoms with Crippen LogP contribution in [-0.2, 0) is 13.1 Å². The molecule has 2 aromatic heterocycles. The van der Waals surface area contributed by atoms with Crippen LogP contribution in [0.1, 0.15) is 11.1 Å². The maximum Gasteiger partial charge on any atom is 0.488 e. The largest absolute Gasteiger partial charge is 0.494 e.